The maximum atomic E-state index is 10.9. The Bertz CT molecular complexity index is 645. The fraction of sp³-hybridized carbons (Fsp3) is 0.312. The standard InChI is InChI=1S/C16H18N2O3/c1-10-13(9-16(19)20)11(2)18-15(17-10)8-12-6-4-5-7-14(12)21-3/h4-7H,8-9H2,1-3H3,(H,19,20). The number of carbonyl (C=O) groups is 1. The van der Waals surface area contributed by atoms with E-state index in [1.54, 1.807) is 7.11 Å². The van der Waals surface area contributed by atoms with Crippen molar-refractivity contribution in [3.05, 3.63) is 52.6 Å². The zero-order chi connectivity index (χ0) is 15.4. The van der Waals surface area contributed by atoms with Crippen molar-refractivity contribution < 1.29 is 14.6 Å². The van der Waals surface area contributed by atoms with Gasteiger partial charge in [-0.05, 0) is 19.9 Å². The van der Waals surface area contributed by atoms with Gasteiger partial charge in [-0.3, -0.25) is 4.79 Å². The molecule has 0 aliphatic heterocycles. The summed E-state index contributed by atoms with van der Waals surface area (Å²) in [7, 11) is 1.63. The van der Waals surface area contributed by atoms with Crippen LogP contribution in [-0.4, -0.2) is 28.2 Å². The minimum atomic E-state index is -0.873. The SMILES string of the molecule is COc1ccccc1Cc1nc(C)c(CC(=O)O)c(C)n1. The average molecular weight is 286 g/mol. The topological polar surface area (TPSA) is 72.3 Å². The van der Waals surface area contributed by atoms with Crippen molar-refractivity contribution in [3.63, 3.8) is 0 Å². The van der Waals surface area contributed by atoms with Crippen molar-refractivity contribution in [1.82, 2.24) is 9.97 Å². The van der Waals surface area contributed by atoms with Crippen molar-refractivity contribution >= 4 is 5.97 Å². The van der Waals surface area contributed by atoms with Gasteiger partial charge in [0.05, 0.1) is 13.5 Å². The molecule has 0 spiro atoms. The fourth-order valence-electron chi connectivity index (χ4n) is 2.31. The number of hydrogen-bond acceptors (Lipinski definition) is 4. The molecule has 110 valence electrons. The molecule has 1 heterocycles. The number of benzene rings is 1. The predicted molar refractivity (Wildman–Crippen MR) is 78.6 cm³/mol. The Morgan fingerprint density at radius 1 is 1.19 bits per heavy atom. The summed E-state index contributed by atoms with van der Waals surface area (Å²) in [5, 5.41) is 8.92. The summed E-state index contributed by atoms with van der Waals surface area (Å²) in [6.07, 6.45) is 0.506. The molecule has 1 N–H and O–H groups in total. The maximum absolute atomic E-state index is 10.9. The summed E-state index contributed by atoms with van der Waals surface area (Å²) >= 11 is 0. The Labute approximate surface area is 123 Å². The Balaban J connectivity index is 2.31. The number of carboxylic acids is 1. The van der Waals surface area contributed by atoms with Gasteiger partial charge in [-0.1, -0.05) is 18.2 Å². The number of para-hydroxylation sites is 1. The second kappa shape index (κ2) is 6.35. The van der Waals surface area contributed by atoms with Crippen molar-refractivity contribution in [1.29, 1.82) is 0 Å². The van der Waals surface area contributed by atoms with E-state index in [-0.39, 0.29) is 6.42 Å². The average Bonchev–Trinajstić information content (AvgIpc) is 2.43. The molecule has 21 heavy (non-hydrogen) atoms. The van der Waals surface area contributed by atoms with Crippen LogP contribution >= 0.6 is 0 Å². The molecule has 5 nitrogen and oxygen atoms in total. The summed E-state index contributed by atoms with van der Waals surface area (Å²) in [5.74, 6) is 0.594. The van der Waals surface area contributed by atoms with Gasteiger partial charge in [0.25, 0.3) is 0 Å². The fourth-order valence-corrected chi connectivity index (χ4v) is 2.31. The molecule has 0 aliphatic carbocycles. The molecule has 0 saturated carbocycles. The van der Waals surface area contributed by atoms with Crippen LogP contribution in [0.2, 0.25) is 0 Å². The Hall–Kier alpha value is -2.43. The third kappa shape index (κ3) is 3.56. The molecule has 0 bridgehead atoms. The first-order valence-corrected chi connectivity index (χ1v) is 6.68. The molecule has 2 aromatic rings. The van der Waals surface area contributed by atoms with Gasteiger partial charge in [0, 0.05) is 28.9 Å². The van der Waals surface area contributed by atoms with Crippen molar-refractivity contribution in [3.8, 4) is 5.75 Å². The van der Waals surface area contributed by atoms with E-state index in [1.807, 2.05) is 38.1 Å². The van der Waals surface area contributed by atoms with E-state index in [2.05, 4.69) is 9.97 Å². The van der Waals surface area contributed by atoms with Gasteiger partial charge in [-0.15, -0.1) is 0 Å². The lowest BCUT2D eigenvalue weighted by Crippen LogP contribution is -2.10. The van der Waals surface area contributed by atoms with Crippen molar-refractivity contribution in [2.45, 2.75) is 26.7 Å². The minimum absolute atomic E-state index is 0.0490. The van der Waals surface area contributed by atoms with Crippen LogP contribution in [0.4, 0.5) is 0 Å². The lowest BCUT2D eigenvalue weighted by molar-refractivity contribution is -0.136. The number of ether oxygens (including phenoxy) is 1. The first-order chi connectivity index (χ1) is 10.0. The van der Waals surface area contributed by atoms with Gasteiger partial charge in [-0.25, -0.2) is 9.97 Å². The van der Waals surface area contributed by atoms with Crippen LogP contribution < -0.4 is 4.74 Å². The zero-order valence-electron chi connectivity index (χ0n) is 12.4. The zero-order valence-corrected chi connectivity index (χ0v) is 12.4. The molecule has 0 atom stereocenters. The summed E-state index contributed by atoms with van der Waals surface area (Å²) in [6.45, 7) is 3.64. The number of aryl methyl sites for hydroxylation is 2. The highest BCUT2D eigenvalue weighted by Gasteiger charge is 2.13. The number of rotatable bonds is 5. The minimum Gasteiger partial charge on any atom is -0.496 e. The lowest BCUT2D eigenvalue weighted by Gasteiger charge is -2.11. The number of aromatic nitrogens is 2. The van der Waals surface area contributed by atoms with Crippen LogP contribution in [0.1, 0.15) is 28.3 Å². The highest BCUT2D eigenvalue weighted by molar-refractivity contribution is 5.70. The van der Waals surface area contributed by atoms with E-state index in [4.69, 9.17) is 9.84 Å². The quantitative estimate of drug-likeness (QED) is 0.913. The highest BCUT2D eigenvalue weighted by Crippen LogP contribution is 2.20. The van der Waals surface area contributed by atoms with E-state index < -0.39 is 5.97 Å². The van der Waals surface area contributed by atoms with Crippen molar-refractivity contribution in [2.75, 3.05) is 7.11 Å². The molecule has 0 radical (unpaired) electrons. The Morgan fingerprint density at radius 3 is 2.38 bits per heavy atom. The monoisotopic (exact) mass is 286 g/mol. The predicted octanol–water partition coefficient (Wildman–Crippen LogP) is 2.32. The summed E-state index contributed by atoms with van der Waals surface area (Å²) < 4.78 is 5.32. The van der Waals surface area contributed by atoms with E-state index in [0.29, 0.717) is 17.8 Å². The first kappa shape index (κ1) is 15.0. The number of aliphatic carboxylic acids is 1. The molecule has 0 saturated heterocycles. The largest absolute Gasteiger partial charge is 0.496 e. The lowest BCUT2D eigenvalue weighted by atomic mass is 10.1. The van der Waals surface area contributed by atoms with E-state index in [9.17, 15) is 4.79 Å². The molecular weight excluding hydrogens is 268 g/mol. The van der Waals surface area contributed by atoms with Crippen LogP contribution in [0.15, 0.2) is 24.3 Å². The normalized spacial score (nSPS) is 10.4. The molecule has 0 aliphatic rings. The van der Waals surface area contributed by atoms with E-state index in [1.165, 1.54) is 0 Å². The van der Waals surface area contributed by atoms with Gasteiger partial charge >= 0.3 is 5.97 Å². The number of hydrogen-bond donors (Lipinski definition) is 1. The summed E-state index contributed by atoms with van der Waals surface area (Å²) in [5.41, 5.74) is 3.13. The highest BCUT2D eigenvalue weighted by atomic mass is 16.5. The third-order valence-corrected chi connectivity index (χ3v) is 3.34. The molecule has 1 aromatic carbocycles. The van der Waals surface area contributed by atoms with Crippen LogP contribution in [0, 0.1) is 13.8 Å². The maximum Gasteiger partial charge on any atom is 0.307 e. The van der Waals surface area contributed by atoms with Crippen molar-refractivity contribution in [2.24, 2.45) is 0 Å². The molecule has 0 fully saturated rings. The Kier molecular flexibility index (Phi) is 4.52. The van der Waals surface area contributed by atoms with Gasteiger partial charge in [0.2, 0.25) is 0 Å². The molecule has 0 amide bonds. The molecule has 5 heteroatoms. The molecule has 1 aromatic heterocycles. The van der Waals surface area contributed by atoms with Gasteiger partial charge < -0.3 is 9.84 Å². The smallest absolute Gasteiger partial charge is 0.307 e. The number of carboxylic acid groups (broad SMARTS) is 1. The van der Waals surface area contributed by atoms with Gasteiger partial charge in [-0.2, -0.15) is 0 Å². The number of methoxy groups -OCH3 is 1. The molecule has 2 rings (SSSR count). The second-order valence-corrected chi connectivity index (χ2v) is 4.85. The molecule has 0 unspecified atom stereocenters. The van der Waals surface area contributed by atoms with Crippen LogP contribution in [0.25, 0.3) is 0 Å². The number of nitrogens with zero attached hydrogens (tertiary/aromatic N) is 2. The summed E-state index contributed by atoms with van der Waals surface area (Å²) in [4.78, 5) is 19.7. The van der Waals surface area contributed by atoms with Crippen LogP contribution in [0.3, 0.4) is 0 Å². The third-order valence-electron chi connectivity index (χ3n) is 3.34. The van der Waals surface area contributed by atoms with E-state index >= 15 is 0 Å². The van der Waals surface area contributed by atoms with Crippen LogP contribution in [0.5, 0.6) is 5.75 Å². The first-order valence-electron chi connectivity index (χ1n) is 6.68. The van der Waals surface area contributed by atoms with Gasteiger partial charge in [0.15, 0.2) is 0 Å². The summed E-state index contributed by atoms with van der Waals surface area (Å²) in [6, 6.07) is 7.72. The van der Waals surface area contributed by atoms with E-state index in [0.717, 1.165) is 22.7 Å². The van der Waals surface area contributed by atoms with Gasteiger partial charge in [0.1, 0.15) is 11.6 Å². The molecular formula is C16H18N2O3. The van der Waals surface area contributed by atoms with Crippen LogP contribution in [-0.2, 0) is 17.6 Å². The second-order valence-electron chi connectivity index (χ2n) is 4.85. The Morgan fingerprint density at radius 2 is 1.81 bits per heavy atom.